The average molecular weight is 348 g/mol. The van der Waals surface area contributed by atoms with Crippen LogP contribution in [0.25, 0.3) is 0 Å². The molecule has 0 spiro atoms. The summed E-state index contributed by atoms with van der Waals surface area (Å²) in [6.45, 7) is 4.13. The summed E-state index contributed by atoms with van der Waals surface area (Å²) in [7, 11) is 0. The van der Waals surface area contributed by atoms with Crippen LogP contribution in [0.5, 0.6) is 0 Å². The normalized spacial score (nSPS) is 34.9. The van der Waals surface area contributed by atoms with Gasteiger partial charge in [0.05, 0.1) is 19.3 Å². The van der Waals surface area contributed by atoms with Crippen LogP contribution in [-0.4, -0.2) is 31.6 Å². The molecule has 2 aliphatic heterocycles. The van der Waals surface area contributed by atoms with Gasteiger partial charge in [0.25, 0.3) is 0 Å². The number of hydrogen-bond acceptors (Lipinski definition) is 4. The molecule has 1 fully saturated rings. The van der Waals surface area contributed by atoms with Gasteiger partial charge in [-0.05, 0) is 67.6 Å². The zero-order valence-corrected chi connectivity index (χ0v) is 14.4. The Morgan fingerprint density at radius 2 is 1.30 bits per heavy atom. The molecule has 0 radical (unpaired) electrons. The number of aliphatic carboxylic acids is 2. The number of carboxylic acid groups (broad SMARTS) is 2. The molecule has 6 heteroatoms. The SMILES string of the molecule is CC12SC(C(=O)O)=CC1=C1CCCC1=C1C=C(C(=O)O)SC12C. The molecule has 4 aliphatic rings. The number of rotatable bonds is 2. The van der Waals surface area contributed by atoms with Crippen molar-refractivity contribution in [3.05, 3.63) is 44.3 Å². The molecule has 4 nitrogen and oxygen atoms in total. The summed E-state index contributed by atoms with van der Waals surface area (Å²) in [5.41, 5.74) is 4.66. The van der Waals surface area contributed by atoms with Gasteiger partial charge in [-0.1, -0.05) is 0 Å². The lowest BCUT2D eigenvalue weighted by Gasteiger charge is -2.46. The van der Waals surface area contributed by atoms with Gasteiger partial charge in [-0.2, -0.15) is 0 Å². The molecule has 2 heterocycles. The fraction of sp³-hybridized carbons (Fsp3) is 0.412. The van der Waals surface area contributed by atoms with E-state index in [9.17, 15) is 19.8 Å². The molecular weight excluding hydrogens is 332 g/mol. The standard InChI is InChI=1S/C17H16O4S2/c1-16-10(6-12(22-16)14(18)19)8-4-3-5-9(8)11-7-13(15(20)21)23-17(11,16)2/h6-7H,3-5H2,1-2H3,(H,18,19)(H,20,21). The maximum Gasteiger partial charge on any atom is 0.342 e. The summed E-state index contributed by atoms with van der Waals surface area (Å²) >= 11 is 2.73. The first-order valence-electron chi connectivity index (χ1n) is 7.53. The number of carboxylic acids is 2. The first-order valence-corrected chi connectivity index (χ1v) is 9.17. The smallest absolute Gasteiger partial charge is 0.342 e. The molecule has 1 saturated carbocycles. The Labute approximate surface area is 142 Å². The molecular formula is C17H16O4S2. The van der Waals surface area contributed by atoms with E-state index in [1.54, 1.807) is 0 Å². The van der Waals surface area contributed by atoms with Crippen LogP contribution in [0.4, 0.5) is 0 Å². The molecule has 0 saturated heterocycles. The van der Waals surface area contributed by atoms with Crippen LogP contribution in [0.15, 0.2) is 44.3 Å². The fourth-order valence-electron chi connectivity index (χ4n) is 4.15. The lowest BCUT2D eigenvalue weighted by molar-refractivity contribution is -0.132. The highest BCUT2D eigenvalue weighted by Gasteiger charge is 2.60. The van der Waals surface area contributed by atoms with Crippen LogP contribution in [0.2, 0.25) is 0 Å². The molecule has 2 unspecified atom stereocenters. The van der Waals surface area contributed by atoms with Gasteiger partial charge in [0, 0.05) is 0 Å². The first-order chi connectivity index (χ1) is 10.8. The molecule has 23 heavy (non-hydrogen) atoms. The van der Waals surface area contributed by atoms with E-state index in [1.807, 2.05) is 12.2 Å². The number of hydrogen-bond donors (Lipinski definition) is 2. The second kappa shape index (κ2) is 4.57. The van der Waals surface area contributed by atoms with Crippen molar-refractivity contribution in [3.8, 4) is 0 Å². The van der Waals surface area contributed by atoms with E-state index < -0.39 is 21.4 Å². The Morgan fingerprint density at radius 1 is 0.913 bits per heavy atom. The largest absolute Gasteiger partial charge is 0.477 e. The van der Waals surface area contributed by atoms with Crippen LogP contribution in [0.1, 0.15) is 33.1 Å². The van der Waals surface area contributed by atoms with Crippen molar-refractivity contribution in [2.45, 2.75) is 42.6 Å². The first kappa shape index (κ1) is 15.1. The molecule has 0 aromatic heterocycles. The van der Waals surface area contributed by atoms with Crippen LogP contribution in [0.3, 0.4) is 0 Å². The third-order valence-corrected chi connectivity index (χ3v) is 8.63. The third kappa shape index (κ3) is 1.76. The van der Waals surface area contributed by atoms with E-state index in [0.717, 1.165) is 30.4 Å². The minimum absolute atomic E-state index is 0.355. The van der Waals surface area contributed by atoms with E-state index in [2.05, 4.69) is 13.8 Å². The van der Waals surface area contributed by atoms with Gasteiger partial charge in [-0.3, -0.25) is 0 Å². The molecule has 0 aromatic carbocycles. The monoisotopic (exact) mass is 348 g/mol. The zero-order chi connectivity index (χ0) is 16.6. The van der Waals surface area contributed by atoms with Crippen molar-refractivity contribution >= 4 is 35.5 Å². The van der Waals surface area contributed by atoms with E-state index >= 15 is 0 Å². The minimum atomic E-state index is -0.905. The Kier molecular flexibility index (Phi) is 3.01. The summed E-state index contributed by atoms with van der Waals surface area (Å²) in [5, 5.41) is 18.9. The number of thioether (sulfide) groups is 2. The highest BCUT2D eigenvalue weighted by molar-refractivity contribution is 8.10. The van der Waals surface area contributed by atoms with Gasteiger partial charge in [-0.15, -0.1) is 23.5 Å². The molecule has 0 bridgehead atoms. The summed E-state index contributed by atoms with van der Waals surface area (Å²) in [6, 6.07) is 0. The number of fused-ring (bicyclic) bond motifs is 4. The predicted octanol–water partition coefficient (Wildman–Crippen LogP) is 3.73. The van der Waals surface area contributed by atoms with Gasteiger partial charge in [0.2, 0.25) is 0 Å². The maximum absolute atomic E-state index is 11.5. The van der Waals surface area contributed by atoms with Gasteiger partial charge in [-0.25, -0.2) is 9.59 Å². The minimum Gasteiger partial charge on any atom is -0.477 e. The average Bonchev–Trinajstić information content (AvgIpc) is 3.13. The Bertz CT molecular complexity index is 735. The van der Waals surface area contributed by atoms with E-state index in [4.69, 9.17) is 0 Å². The highest BCUT2D eigenvalue weighted by Crippen LogP contribution is 2.68. The molecule has 120 valence electrons. The van der Waals surface area contributed by atoms with Crippen molar-refractivity contribution in [2.24, 2.45) is 0 Å². The second-order valence-corrected chi connectivity index (χ2v) is 9.46. The topological polar surface area (TPSA) is 74.6 Å². The van der Waals surface area contributed by atoms with Crippen molar-refractivity contribution in [2.75, 3.05) is 0 Å². The Balaban J connectivity index is 1.97. The molecule has 0 aromatic rings. The van der Waals surface area contributed by atoms with Gasteiger partial charge < -0.3 is 10.2 Å². The lowest BCUT2D eigenvalue weighted by Crippen LogP contribution is -2.47. The molecule has 4 rings (SSSR count). The third-order valence-electron chi connectivity index (χ3n) is 5.41. The quantitative estimate of drug-likeness (QED) is 0.792. The van der Waals surface area contributed by atoms with E-state index in [1.165, 1.54) is 34.7 Å². The Hall–Kier alpha value is -1.40. The van der Waals surface area contributed by atoms with Crippen LogP contribution in [0, 0.1) is 0 Å². The van der Waals surface area contributed by atoms with Crippen LogP contribution < -0.4 is 0 Å². The molecule has 0 amide bonds. The Morgan fingerprint density at radius 3 is 1.65 bits per heavy atom. The van der Waals surface area contributed by atoms with Crippen LogP contribution in [-0.2, 0) is 9.59 Å². The van der Waals surface area contributed by atoms with Crippen LogP contribution >= 0.6 is 23.5 Å². The fourth-order valence-corrected chi connectivity index (χ4v) is 7.01. The van der Waals surface area contributed by atoms with E-state index in [0.29, 0.717) is 9.81 Å². The summed E-state index contributed by atoms with van der Waals surface area (Å²) in [5.74, 6) is -1.81. The van der Waals surface area contributed by atoms with Crippen molar-refractivity contribution in [1.82, 2.24) is 0 Å². The van der Waals surface area contributed by atoms with Gasteiger partial charge in [0.15, 0.2) is 0 Å². The lowest BCUT2D eigenvalue weighted by atomic mass is 9.72. The van der Waals surface area contributed by atoms with Crippen molar-refractivity contribution in [1.29, 1.82) is 0 Å². The molecule has 2 atom stereocenters. The van der Waals surface area contributed by atoms with Gasteiger partial charge >= 0.3 is 11.9 Å². The van der Waals surface area contributed by atoms with E-state index in [-0.39, 0.29) is 0 Å². The summed E-state index contributed by atoms with van der Waals surface area (Å²) in [4.78, 5) is 23.7. The molecule has 2 aliphatic carbocycles. The zero-order valence-electron chi connectivity index (χ0n) is 12.8. The molecule has 2 N–H and O–H groups in total. The van der Waals surface area contributed by atoms with Crippen molar-refractivity contribution in [3.63, 3.8) is 0 Å². The van der Waals surface area contributed by atoms with Crippen molar-refractivity contribution < 1.29 is 19.8 Å². The summed E-state index contributed by atoms with van der Waals surface area (Å²) in [6.07, 6.45) is 6.57. The number of carbonyl (C=O) groups is 2. The highest BCUT2D eigenvalue weighted by atomic mass is 32.2. The maximum atomic E-state index is 11.5. The van der Waals surface area contributed by atoms with Gasteiger partial charge in [0.1, 0.15) is 0 Å². The second-order valence-electron chi connectivity index (χ2n) is 6.54. The predicted molar refractivity (Wildman–Crippen MR) is 91.3 cm³/mol. The summed E-state index contributed by atoms with van der Waals surface area (Å²) < 4.78 is -0.894. The number of allylic oxidation sites excluding steroid dienone is 4.